The van der Waals surface area contributed by atoms with Gasteiger partial charge in [-0.05, 0) is 34.4 Å². The molecule has 3 N–H and O–H groups in total. The fourth-order valence-electron chi connectivity index (χ4n) is 3.86. The smallest absolute Gasteiger partial charge is 0.408 e. The van der Waals surface area contributed by atoms with E-state index in [4.69, 9.17) is 14.2 Å². The van der Waals surface area contributed by atoms with Crippen LogP contribution in [-0.2, 0) is 34.9 Å². The van der Waals surface area contributed by atoms with Gasteiger partial charge in [0.15, 0.2) is 17.0 Å². The first-order valence-corrected chi connectivity index (χ1v) is 12.3. The number of ether oxygens (including phenoxy) is 3. The number of amides is 1. The Labute approximate surface area is 226 Å². The summed E-state index contributed by atoms with van der Waals surface area (Å²) >= 11 is 0. The van der Waals surface area contributed by atoms with Crippen molar-refractivity contribution >= 4 is 12.1 Å². The fourth-order valence-corrected chi connectivity index (χ4v) is 3.86. The van der Waals surface area contributed by atoms with Gasteiger partial charge in [0.1, 0.15) is 19.8 Å². The van der Waals surface area contributed by atoms with Gasteiger partial charge in [-0.2, -0.15) is 0 Å². The van der Waals surface area contributed by atoms with Gasteiger partial charge in [0.2, 0.25) is 0 Å². The van der Waals surface area contributed by atoms with Crippen molar-refractivity contribution in [3.05, 3.63) is 131 Å². The summed E-state index contributed by atoms with van der Waals surface area (Å²) in [5, 5.41) is 22.7. The standard InChI is InChI=1S/C31H29NO7/c33-22-31(29(34)35,32-30(36)39-21-25-14-8-3-9-15-25)26-16-17-27(37-19-23-10-4-1-5-11-23)28(18-26)38-20-24-12-6-2-7-13-24/h1-18,33H,19-22H2,(H,32,36)(H,34,35)/t31-/m1/s1. The summed E-state index contributed by atoms with van der Waals surface area (Å²) in [5.41, 5.74) is 0.467. The first-order valence-electron chi connectivity index (χ1n) is 12.3. The van der Waals surface area contributed by atoms with Crippen molar-refractivity contribution in [2.45, 2.75) is 25.4 Å². The number of carboxylic acid groups (broad SMARTS) is 1. The predicted molar refractivity (Wildman–Crippen MR) is 144 cm³/mol. The van der Waals surface area contributed by atoms with E-state index in [-0.39, 0.29) is 31.1 Å². The molecule has 39 heavy (non-hydrogen) atoms. The number of benzene rings is 4. The number of alkyl carbamates (subject to hydrolysis) is 1. The Kier molecular flexibility index (Phi) is 9.16. The zero-order chi connectivity index (χ0) is 27.5. The van der Waals surface area contributed by atoms with E-state index in [2.05, 4.69) is 5.32 Å². The summed E-state index contributed by atoms with van der Waals surface area (Å²) in [4.78, 5) is 25.1. The lowest BCUT2D eigenvalue weighted by Gasteiger charge is -2.29. The van der Waals surface area contributed by atoms with Crippen LogP contribution in [0.5, 0.6) is 11.5 Å². The molecule has 0 radical (unpaired) electrons. The lowest BCUT2D eigenvalue weighted by Crippen LogP contribution is -2.54. The molecule has 4 aromatic carbocycles. The highest BCUT2D eigenvalue weighted by Gasteiger charge is 2.43. The van der Waals surface area contributed by atoms with Crippen molar-refractivity contribution in [2.24, 2.45) is 0 Å². The highest BCUT2D eigenvalue weighted by Crippen LogP contribution is 2.34. The Hall–Kier alpha value is -4.82. The minimum atomic E-state index is -2.18. The maximum atomic E-state index is 12.6. The van der Waals surface area contributed by atoms with Gasteiger partial charge >= 0.3 is 12.1 Å². The molecule has 0 spiro atoms. The van der Waals surface area contributed by atoms with Crippen molar-refractivity contribution in [3.8, 4) is 11.5 Å². The summed E-state index contributed by atoms with van der Waals surface area (Å²) in [6.45, 7) is -0.537. The van der Waals surface area contributed by atoms with E-state index in [0.29, 0.717) is 5.75 Å². The number of carbonyl (C=O) groups excluding carboxylic acids is 1. The molecule has 0 heterocycles. The Morgan fingerprint density at radius 2 is 1.15 bits per heavy atom. The molecule has 0 fully saturated rings. The average Bonchev–Trinajstić information content (AvgIpc) is 2.98. The molecule has 1 amide bonds. The van der Waals surface area contributed by atoms with E-state index in [1.165, 1.54) is 12.1 Å². The largest absolute Gasteiger partial charge is 0.485 e. The van der Waals surface area contributed by atoms with E-state index in [0.717, 1.165) is 16.7 Å². The van der Waals surface area contributed by atoms with Gasteiger partial charge in [-0.15, -0.1) is 0 Å². The number of nitrogens with one attached hydrogen (secondary N) is 1. The molecule has 0 saturated carbocycles. The van der Waals surface area contributed by atoms with Gasteiger partial charge in [-0.1, -0.05) is 97.1 Å². The van der Waals surface area contributed by atoms with Gasteiger partial charge in [0.05, 0.1) is 6.61 Å². The van der Waals surface area contributed by atoms with Gasteiger partial charge < -0.3 is 24.4 Å². The van der Waals surface area contributed by atoms with Crippen molar-refractivity contribution in [3.63, 3.8) is 0 Å². The number of rotatable bonds is 12. The van der Waals surface area contributed by atoms with Gasteiger partial charge in [0, 0.05) is 0 Å². The molecular formula is C31H29NO7. The SMILES string of the molecule is O=C(N[C@@](CO)(C(=O)O)c1ccc(OCc2ccccc2)c(OCc2ccccc2)c1)OCc1ccccc1. The van der Waals surface area contributed by atoms with Crippen molar-refractivity contribution in [1.82, 2.24) is 5.32 Å². The van der Waals surface area contributed by atoms with Crippen LogP contribution < -0.4 is 14.8 Å². The summed E-state index contributed by atoms with van der Waals surface area (Å²) < 4.78 is 17.3. The molecule has 8 nitrogen and oxygen atoms in total. The molecule has 0 aliphatic heterocycles. The van der Waals surface area contributed by atoms with Crippen LogP contribution in [0, 0.1) is 0 Å². The summed E-state index contributed by atoms with van der Waals surface area (Å²) in [6.07, 6.45) is -0.994. The Balaban J connectivity index is 1.59. The van der Waals surface area contributed by atoms with Crippen LogP contribution in [0.4, 0.5) is 4.79 Å². The van der Waals surface area contributed by atoms with Gasteiger partial charge in [-0.25, -0.2) is 9.59 Å². The molecule has 0 saturated heterocycles. The third-order valence-electron chi connectivity index (χ3n) is 6.04. The number of hydrogen-bond donors (Lipinski definition) is 3. The van der Waals surface area contributed by atoms with Crippen LogP contribution in [0.2, 0.25) is 0 Å². The van der Waals surface area contributed by atoms with Gasteiger partial charge in [-0.3, -0.25) is 5.32 Å². The molecule has 4 rings (SSSR count). The quantitative estimate of drug-likeness (QED) is 0.236. The Morgan fingerprint density at radius 3 is 1.64 bits per heavy atom. The Morgan fingerprint density at radius 1 is 0.667 bits per heavy atom. The predicted octanol–water partition coefficient (Wildman–Crippen LogP) is 5.04. The first kappa shape index (κ1) is 27.2. The number of aliphatic hydroxyl groups excluding tert-OH is 1. The third kappa shape index (κ3) is 7.15. The molecule has 0 bridgehead atoms. The van der Waals surface area contributed by atoms with Crippen molar-refractivity contribution in [2.75, 3.05) is 6.61 Å². The lowest BCUT2D eigenvalue weighted by atomic mass is 9.90. The topological polar surface area (TPSA) is 114 Å². The number of carbonyl (C=O) groups is 2. The number of aliphatic carboxylic acids is 1. The van der Waals surface area contributed by atoms with E-state index in [1.807, 2.05) is 66.7 Å². The molecule has 0 aliphatic carbocycles. The van der Waals surface area contributed by atoms with Crippen LogP contribution in [0.1, 0.15) is 22.3 Å². The molecular weight excluding hydrogens is 498 g/mol. The number of hydrogen-bond acceptors (Lipinski definition) is 6. The average molecular weight is 528 g/mol. The summed E-state index contributed by atoms with van der Waals surface area (Å²) in [7, 11) is 0. The molecule has 0 unspecified atom stereocenters. The first-order chi connectivity index (χ1) is 19.0. The number of aliphatic hydroxyl groups is 1. The van der Waals surface area contributed by atoms with Crippen LogP contribution in [0.25, 0.3) is 0 Å². The summed E-state index contributed by atoms with van der Waals surface area (Å²) in [5.74, 6) is -0.832. The second-order valence-corrected chi connectivity index (χ2v) is 8.77. The fraction of sp³-hybridized carbons (Fsp3) is 0.161. The molecule has 4 aromatic rings. The van der Waals surface area contributed by atoms with Crippen molar-refractivity contribution < 1.29 is 34.0 Å². The molecule has 200 valence electrons. The molecule has 1 atom stereocenters. The normalized spacial score (nSPS) is 12.1. The maximum absolute atomic E-state index is 12.6. The second-order valence-electron chi connectivity index (χ2n) is 8.77. The number of carboxylic acids is 1. The highest BCUT2D eigenvalue weighted by molar-refractivity contribution is 5.86. The summed E-state index contributed by atoms with van der Waals surface area (Å²) in [6, 6.07) is 32.5. The molecule has 0 aromatic heterocycles. The Bertz CT molecular complexity index is 1360. The van der Waals surface area contributed by atoms with Crippen LogP contribution in [0.15, 0.2) is 109 Å². The van der Waals surface area contributed by atoms with Crippen LogP contribution in [-0.4, -0.2) is 28.9 Å². The van der Waals surface area contributed by atoms with Crippen LogP contribution in [0.3, 0.4) is 0 Å². The van der Waals surface area contributed by atoms with Gasteiger partial charge in [0.25, 0.3) is 0 Å². The van der Waals surface area contributed by atoms with Crippen molar-refractivity contribution in [1.29, 1.82) is 0 Å². The highest BCUT2D eigenvalue weighted by atomic mass is 16.5. The van der Waals surface area contributed by atoms with E-state index < -0.39 is 24.2 Å². The van der Waals surface area contributed by atoms with E-state index >= 15 is 0 Å². The lowest BCUT2D eigenvalue weighted by molar-refractivity contribution is -0.147. The van der Waals surface area contributed by atoms with E-state index in [9.17, 15) is 19.8 Å². The van der Waals surface area contributed by atoms with Crippen LogP contribution >= 0.6 is 0 Å². The molecule has 8 heteroatoms. The minimum Gasteiger partial charge on any atom is -0.485 e. The zero-order valence-corrected chi connectivity index (χ0v) is 21.2. The maximum Gasteiger partial charge on any atom is 0.408 e. The zero-order valence-electron chi connectivity index (χ0n) is 21.2. The minimum absolute atomic E-state index is 0.0640. The third-order valence-corrected chi connectivity index (χ3v) is 6.04. The van der Waals surface area contributed by atoms with E-state index in [1.54, 1.807) is 30.3 Å². The second kappa shape index (κ2) is 13.1. The molecule has 0 aliphatic rings. The monoisotopic (exact) mass is 527 g/mol.